The molecule has 2 aromatic carbocycles. The molecule has 0 amide bonds. The van der Waals surface area contributed by atoms with Crippen molar-refractivity contribution in [3.05, 3.63) is 47.0 Å². The van der Waals surface area contributed by atoms with Gasteiger partial charge >= 0.3 is 0 Å². The van der Waals surface area contributed by atoms with Crippen molar-refractivity contribution >= 4 is 33.0 Å². The molecule has 0 aromatic heterocycles. The smallest absolute Gasteiger partial charge is 0.262 e. The van der Waals surface area contributed by atoms with E-state index in [0.717, 1.165) is 0 Å². The number of halogens is 1. The first-order chi connectivity index (χ1) is 9.85. The predicted octanol–water partition coefficient (Wildman–Crippen LogP) is 3.04. The topological polar surface area (TPSA) is 81.4 Å². The van der Waals surface area contributed by atoms with Gasteiger partial charge in [-0.3, -0.25) is 4.72 Å². The third-order valence-corrected chi connectivity index (χ3v) is 4.87. The van der Waals surface area contributed by atoms with Gasteiger partial charge in [-0.1, -0.05) is 17.7 Å². The summed E-state index contributed by atoms with van der Waals surface area (Å²) in [5.74, 6) is 0.501. The summed E-state index contributed by atoms with van der Waals surface area (Å²) in [6.45, 7) is 1.65. The molecule has 0 saturated carbocycles. The van der Waals surface area contributed by atoms with Gasteiger partial charge in [-0.2, -0.15) is 0 Å². The van der Waals surface area contributed by atoms with Crippen molar-refractivity contribution < 1.29 is 13.2 Å². The van der Waals surface area contributed by atoms with Gasteiger partial charge in [0.1, 0.15) is 5.75 Å². The van der Waals surface area contributed by atoms with Crippen LogP contribution in [0.15, 0.2) is 41.3 Å². The second-order valence-corrected chi connectivity index (χ2v) is 6.48. The number of hydrogen-bond acceptors (Lipinski definition) is 4. The number of hydrogen-bond donors (Lipinski definition) is 2. The summed E-state index contributed by atoms with van der Waals surface area (Å²) in [5.41, 5.74) is 6.90. The molecule has 7 heteroatoms. The van der Waals surface area contributed by atoms with Crippen molar-refractivity contribution in [1.82, 2.24) is 0 Å². The van der Waals surface area contributed by atoms with Crippen LogP contribution in [0.5, 0.6) is 5.75 Å². The van der Waals surface area contributed by atoms with E-state index in [9.17, 15) is 8.42 Å². The summed E-state index contributed by atoms with van der Waals surface area (Å²) >= 11 is 6.01. The van der Waals surface area contributed by atoms with Gasteiger partial charge in [-0.05, 0) is 36.8 Å². The zero-order chi connectivity index (χ0) is 15.6. The number of sulfonamides is 1. The Kier molecular flexibility index (Phi) is 4.29. The second kappa shape index (κ2) is 5.83. The second-order valence-electron chi connectivity index (χ2n) is 4.42. The highest BCUT2D eigenvalue weighted by Crippen LogP contribution is 2.30. The molecule has 5 nitrogen and oxygen atoms in total. The Labute approximate surface area is 128 Å². The lowest BCUT2D eigenvalue weighted by Crippen LogP contribution is -2.15. The number of ether oxygens (including phenoxy) is 1. The molecule has 3 N–H and O–H groups in total. The molecule has 21 heavy (non-hydrogen) atoms. The first-order valence-corrected chi connectivity index (χ1v) is 7.92. The molecule has 2 rings (SSSR count). The van der Waals surface area contributed by atoms with Crippen LogP contribution in [0.25, 0.3) is 0 Å². The van der Waals surface area contributed by atoms with Crippen molar-refractivity contribution in [2.45, 2.75) is 11.8 Å². The van der Waals surface area contributed by atoms with Crippen LogP contribution in [0, 0.1) is 6.92 Å². The molecule has 0 spiro atoms. The molecule has 0 unspecified atom stereocenters. The summed E-state index contributed by atoms with van der Waals surface area (Å²) in [6, 6.07) is 9.44. The lowest BCUT2D eigenvalue weighted by molar-refractivity contribution is 0.415. The number of nitrogens with two attached hydrogens (primary N) is 1. The van der Waals surface area contributed by atoms with E-state index < -0.39 is 10.0 Å². The van der Waals surface area contributed by atoms with Gasteiger partial charge in [0.2, 0.25) is 0 Å². The van der Waals surface area contributed by atoms with E-state index >= 15 is 0 Å². The standard InChI is InChI=1S/C14H15ClN2O3S/c1-9-12(16)4-3-5-14(9)21(18,19)17-13-8-10(20-2)6-7-11(13)15/h3-8,17H,16H2,1-2H3. The number of nitrogen functional groups attached to an aromatic ring is 1. The molecule has 0 bridgehead atoms. The van der Waals surface area contributed by atoms with Crippen LogP contribution in [0.1, 0.15) is 5.56 Å². The average Bonchev–Trinajstić information content (AvgIpc) is 2.44. The predicted molar refractivity (Wildman–Crippen MR) is 84.4 cm³/mol. The highest BCUT2D eigenvalue weighted by Gasteiger charge is 2.19. The van der Waals surface area contributed by atoms with Crippen molar-refractivity contribution in [1.29, 1.82) is 0 Å². The van der Waals surface area contributed by atoms with Crippen molar-refractivity contribution in [2.75, 3.05) is 17.6 Å². The van der Waals surface area contributed by atoms with E-state index in [0.29, 0.717) is 17.0 Å². The Morgan fingerprint density at radius 3 is 2.62 bits per heavy atom. The van der Waals surface area contributed by atoms with Gasteiger partial charge in [-0.25, -0.2) is 8.42 Å². The molecule has 0 fully saturated rings. The lowest BCUT2D eigenvalue weighted by atomic mass is 10.2. The van der Waals surface area contributed by atoms with Gasteiger partial charge in [-0.15, -0.1) is 0 Å². The Hall–Kier alpha value is -1.92. The molecule has 0 saturated heterocycles. The van der Waals surface area contributed by atoms with E-state index in [-0.39, 0.29) is 15.6 Å². The Morgan fingerprint density at radius 1 is 1.24 bits per heavy atom. The summed E-state index contributed by atoms with van der Waals surface area (Å²) in [7, 11) is -2.29. The number of anilines is 2. The molecule has 0 radical (unpaired) electrons. The molecule has 0 heterocycles. The first kappa shape index (κ1) is 15.5. The summed E-state index contributed by atoms with van der Waals surface area (Å²) < 4.78 is 32.4. The summed E-state index contributed by atoms with van der Waals surface area (Å²) in [4.78, 5) is 0.112. The molecule has 0 aliphatic heterocycles. The van der Waals surface area contributed by atoms with E-state index in [1.807, 2.05) is 0 Å². The average molecular weight is 327 g/mol. The Bertz CT molecular complexity index is 776. The van der Waals surface area contributed by atoms with E-state index in [4.69, 9.17) is 22.1 Å². The summed E-state index contributed by atoms with van der Waals surface area (Å²) in [6.07, 6.45) is 0. The lowest BCUT2D eigenvalue weighted by Gasteiger charge is -2.13. The van der Waals surface area contributed by atoms with E-state index in [1.54, 1.807) is 31.2 Å². The number of rotatable bonds is 4. The number of nitrogens with one attached hydrogen (secondary N) is 1. The van der Waals surface area contributed by atoms with Gasteiger partial charge in [0.15, 0.2) is 0 Å². The minimum Gasteiger partial charge on any atom is -0.497 e. The fourth-order valence-electron chi connectivity index (χ4n) is 1.83. The highest BCUT2D eigenvalue weighted by atomic mass is 35.5. The van der Waals surface area contributed by atoms with Crippen LogP contribution in [-0.4, -0.2) is 15.5 Å². The molecule has 112 valence electrons. The Balaban J connectivity index is 2.45. The Morgan fingerprint density at radius 2 is 1.95 bits per heavy atom. The minimum atomic E-state index is -3.78. The molecular weight excluding hydrogens is 312 g/mol. The third kappa shape index (κ3) is 3.22. The third-order valence-electron chi connectivity index (χ3n) is 3.03. The van der Waals surface area contributed by atoms with Crippen molar-refractivity contribution in [3.63, 3.8) is 0 Å². The zero-order valence-corrected chi connectivity index (χ0v) is 13.1. The maximum atomic E-state index is 12.5. The SMILES string of the molecule is COc1ccc(Cl)c(NS(=O)(=O)c2cccc(N)c2C)c1. The molecule has 2 aromatic rings. The summed E-state index contributed by atoms with van der Waals surface area (Å²) in [5, 5.41) is 0.279. The van der Waals surface area contributed by atoms with E-state index in [2.05, 4.69) is 4.72 Å². The van der Waals surface area contributed by atoms with Crippen LogP contribution in [0.3, 0.4) is 0 Å². The monoisotopic (exact) mass is 326 g/mol. The van der Waals surface area contributed by atoms with Gasteiger partial charge in [0.05, 0.1) is 22.7 Å². The molecular formula is C14H15ClN2O3S. The van der Waals surface area contributed by atoms with Gasteiger partial charge < -0.3 is 10.5 Å². The van der Waals surface area contributed by atoms with Crippen LogP contribution in [0.4, 0.5) is 11.4 Å². The molecule has 0 atom stereocenters. The molecule has 0 aliphatic carbocycles. The maximum absolute atomic E-state index is 12.5. The number of benzene rings is 2. The van der Waals surface area contributed by atoms with E-state index in [1.165, 1.54) is 19.2 Å². The number of methoxy groups -OCH3 is 1. The fourth-order valence-corrected chi connectivity index (χ4v) is 3.40. The normalized spacial score (nSPS) is 11.2. The van der Waals surface area contributed by atoms with Gasteiger partial charge in [0.25, 0.3) is 10.0 Å². The maximum Gasteiger partial charge on any atom is 0.262 e. The van der Waals surface area contributed by atoms with Crippen LogP contribution in [0.2, 0.25) is 5.02 Å². The molecule has 0 aliphatic rings. The van der Waals surface area contributed by atoms with Crippen LogP contribution >= 0.6 is 11.6 Å². The largest absolute Gasteiger partial charge is 0.497 e. The first-order valence-electron chi connectivity index (χ1n) is 6.06. The fraction of sp³-hybridized carbons (Fsp3) is 0.143. The van der Waals surface area contributed by atoms with Crippen LogP contribution < -0.4 is 15.2 Å². The quantitative estimate of drug-likeness (QED) is 0.846. The van der Waals surface area contributed by atoms with Gasteiger partial charge in [0, 0.05) is 11.8 Å². The zero-order valence-electron chi connectivity index (χ0n) is 11.6. The van der Waals surface area contributed by atoms with Crippen molar-refractivity contribution in [2.24, 2.45) is 0 Å². The minimum absolute atomic E-state index is 0.112. The highest BCUT2D eigenvalue weighted by molar-refractivity contribution is 7.92. The van der Waals surface area contributed by atoms with Crippen molar-refractivity contribution in [3.8, 4) is 5.75 Å². The van der Waals surface area contributed by atoms with Crippen LogP contribution in [-0.2, 0) is 10.0 Å².